The highest BCUT2D eigenvalue weighted by Gasteiger charge is 2.14. The molecule has 2 aromatic carbocycles. The fourth-order valence-corrected chi connectivity index (χ4v) is 2.45. The van der Waals surface area contributed by atoms with Gasteiger partial charge >= 0.3 is 0 Å². The lowest BCUT2D eigenvalue weighted by atomic mass is 10.1. The number of anilines is 1. The summed E-state index contributed by atoms with van der Waals surface area (Å²) in [6.45, 7) is 1.90. The number of rotatable bonds is 3. The minimum atomic E-state index is -0.206. The van der Waals surface area contributed by atoms with Gasteiger partial charge in [0, 0.05) is 15.2 Å². The molecule has 5 heteroatoms. The first-order chi connectivity index (χ1) is 9.47. The predicted octanol–water partition coefficient (Wildman–Crippen LogP) is 4.18. The zero-order valence-electron chi connectivity index (χ0n) is 10.9. The molecule has 0 saturated carbocycles. The van der Waals surface area contributed by atoms with Crippen LogP contribution in [0.5, 0.6) is 0 Å². The molecule has 3 N–H and O–H groups in total. The van der Waals surface area contributed by atoms with Gasteiger partial charge in [-0.15, -0.1) is 0 Å². The fourth-order valence-electron chi connectivity index (χ4n) is 1.87. The average molecular weight is 354 g/mol. The minimum absolute atomic E-state index is 0.149. The van der Waals surface area contributed by atoms with E-state index in [0.717, 1.165) is 10.0 Å². The molecular weight excluding hydrogens is 340 g/mol. The van der Waals surface area contributed by atoms with Crippen LogP contribution in [-0.2, 0) is 0 Å². The third-order valence-corrected chi connectivity index (χ3v) is 3.68. The number of benzene rings is 2. The lowest BCUT2D eigenvalue weighted by Gasteiger charge is -2.15. The Morgan fingerprint density at radius 2 is 2.05 bits per heavy atom. The summed E-state index contributed by atoms with van der Waals surface area (Å²) in [6.07, 6.45) is 0. The van der Waals surface area contributed by atoms with E-state index < -0.39 is 0 Å². The number of hydrogen-bond acceptors (Lipinski definition) is 2. The van der Waals surface area contributed by atoms with Crippen LogP contribution < -0.4 is 11.1 Å². The predicted molar refractivity (Wildman–Crippen MR) is 85.9 cm³/mol. The van der Waals surface area contributed by atoms with Crippen LogP contribution >= 0.6 is 27.5 Å². The van der Waals surface area contributed by atoms with Crippen molar-refractivity contribution in [1.29, 1.82) is 0 Å². The maximum Gasteiger partial charge on any atom is 0.253 e. The number of carbonyl (C=O) groups excluding carboxylic acids is 1. The van der Waals surface area contributed by atoms with Crippen molar-refractivity contribution in [3.63, 3.8) is 0 Å². The second-order valence-electron chi connectivity index (χ2n) is 4.48. The third-order valence-electron chi connectivity index (χ3n) is 2.95. The maximum atomic E-state index is 12.2. The largest absolute Gasteiger partial charge is 0.398 e. The Kier molecular flexibility index (Phi) is 4.68. The van der Waals surface area contributed by atoms with Crippen LogP contribution in [0.4, 0.5) is 5.69 Å². The van der Waals surface area contributed by atoms with E-state index in [1.807, 2.05) is 25.1 Å². The van der Waals surface area contributed by atoms with Crippen molar-refractivity contribution in [1.82, 2.24) is 5.32 Å². The maximum absolute atomic E-state index is 12.2. The molecule has 20 heavy (non-hydrogen) atoms. The lowest BCUT2D eigenvalue weighted by molar-refractivity contribution is 0.0941. The number of halogens is 2. The van der Waals surface area contributed by atoms with Gasteiger partial charge < -0.3 is 11.1 Å². The van der Waals surface area contributed by atoms with Gasteiger partial charge in [0.25, 0.3) is 5.91 Å². The van der Waals surface area contributed by atoms with Crippen molar-refractivity contribution in [2.24, 2.45) is 0 Å². The summed E-state index contributed by atoms with van der Waals surface area (Å²) in [5.74, 6) is -0.206. The zero-order chi connectivity index (χ0) is 14.7. The summed E-state index contributed by atoms with van der Waals surface area (Å²) in [7, 11) is 0. The summed E-state index contributed by atoms with van der Waals surface area (Å²) in [6, 6.07) is 12.4. The first-order valence-electron chi connectivity index (χ1n) is 6.08. The van der Waals surface area contributed by atoms with Gasteiger partial charge in [-0.3, -0.25) is 4.79 Å². The Morgan fingerprint density at radius 3 is 2.70 bits per heavy atom. The van der Waals surface area contributed by atoms with Gasteiger partial charge in [0.05, 0.1) is 11.6 Å². The molecule has 0 unspecified atom stereocenters. The highest BCUT2D eigenvalue weighted by atomic mass is 79.9. The van der Waals surface area contributed by atoms with Gasteiger partial charge in [-0.1, -0.05) is 39.7 Å². The summed E-state index contributed by atoms with van der Waals surface area (Å²) < 4.78 is 0.842. The number of hydrogen-bond donors (Lipinski definition) is 2. The highest BCUT2D eigenvalue weighted by molar-refractivity contribution is 9.10. The van der Waals surface area contributed by atoms with Crippen LogP contribution in [0, 0.1) is 0 Å². The Balaban J connectivity index is 2.15. The van der Waals surface area contributed by atoms with Crippen molar-refractivity contribution in [3.05, 3.63) is 63.1 Å². The number of nitrogens with one attached hydrogen (secondary N) is 1. The molecule has 0 aliphatic heterocycles. The summed E-state index contributed by atoms with van der Waals surface area (Å²) >= 11 is 9.26. The number of amides is 1. The first-order valence-corrected chi connectivity index (χ1v) is 7.26. The van der Waals surface area contributed by atoms with Gasteiger partial charge in [0.2, 0.25) is 0 Å². The molecule has 0 fully saturated rings. The second-order valence-corrected chi connectivity index (χ2v) is 5.83. The Labute approximate surface area is 131 Å². The smallest absolute Gasteiger partial charge is 0.253 e. The van der Waals surface area contributed by atoms with Crippen LogP contribution in [0.1, 0.15) is 28.9 Å². The van der Waals surface area contributed by atoms with Crippen molar-refractivity contribution in [3.8, 4) is 0 Å². The fraction of sp³-hybridized carbons (Fsp3) is 0.133. The molecule has 1 amide bonds. The van der Waals surface area contributed by atoms with Crippen molar-refractivity contribution >= 4 is 39.1 Å². The van der Waals surface area contributed by atoms with Crippen molar-refractivity contribution in [2.45, 2.75) is 13.0 Å². The van der Waals surface area contributed by atoms with Crippen LogP contribution in [-0.4, -0.2) is 5.91 Å². The zero-order valence-corrected chi connectivity index (χ0v) is 13.2. The molecule has 0 aromatic heterocycles. The molecule has 0 radical (unpaired) electrons. The van der Waals surface area contributed by atoms with Crippen molar-refractivity contribution < 1.29 is 4.79 Å². The van der Waals surface area contributed by atoms with Gasteiger partial charge in [0.15, 0.2) is 0 Å². The van der Waals surface area contributed by atoms with E-state index in [9.17, 15) is 4.79 Å². The van der Waals surface area contributed by atoms with Crippen LogP contribution in [0.25, 0.3) is 0 Å². The topological polar surface area (TPSA) is 55.1 Å². The summed E-state index contributed by atoms with van der Waals surface area (Å²) in [4.78, 5) is 12.2. The second kappa shape index (κ2) is 6.29. The molecule has 0 saturated heterocycles. The summed E-state index contributed by atoms with van der Waals surface area (Å²) in [5.41, 5.74) is 7.69. The Hall–Kier alpha value is -1.52. The van der Waals surface area contributed by atoms with E-state index >= 15 is 0 Å². The first kappa shape index (κ1) is 14.9. The number of nitrogens with two attached hydrogens (primary N) is 1. The Morgan fingerprint density at radius 1 is 1.30 bits per heavy atom. The normalized spacial score (nSPS) is 11.9. The standard InChI is InChI=1S/C15H14BrClN2O/c1-9(10-3-2-4-12(17)7-10)19-15(20)13-6-5-11(16)8-14(13)18/h2-9H,18H2,1H3,(H,19,20)/t9-/m1/s1. The van der Waals surface area contributed by atoms with Crippen LogP contribution in [0.15, 0.2) is 46.9 Å². The van der Waals surface area contributed by atoms with Crippen LogP contribution in [0.2, 0.25) is 5.02 Å². The minimum Gasteiger partial charge on any atom is -0.398 e. The number of nitrogen functional groups attached to an aromatic ring is 1. The molecule has 0 heterocycles. The van der Waals surface area contributed by atoms with E-state index in [-0.39, 0.29) is 11.9 Å². The molecule has 0 bridgehead atoms. The molecule has 3 nitrogen and oxygen atoms in total. The molecule has 2 rings (SSSR count). The molecule has 0 aliphatic carbocycles. The van der Waals surface area contributed by atoms with Gasteiger partial charge in [0.1, 0.15) is 0 Å². The summed E-state index contributed by atoms with van der Waals surface area (Å²) in [5, 5.41) is 3.55. The SMILES string of the molecule is C[C@@H](NC(=O)c1ccc(Br)cc1N)c1cccc(Cl)c1. The highest BCUT2D eigenvalue weighted by Crippen LogP contribution is 2.21. The van der Waals surface area contributed by atoms with Crippen LogP contribution in [0.3, 0.4) is 0 Å². The van der Waals surface area contributed by atoms with E-state index in [2.05, 4.69) is 21.2 Å². The van der Waals surface area contributed by atoms with Gasteiger partial charge in [-0.25, -0.2) is 0 Å². The molecule has 0 spiro atoms. The van der Waals surface area contributed by atoms with Gasteiger partial charge in [-0.2, -0.15) is 0 Å². The molecule has 0 aliphatic rings. The third kappa shape index (κ3) is 3.52. The average Bonchev–Trinajstić information content (AvgIpc) is 2.38. The van der Waals surface area contributed by atoms with E-state index in [1.54, 1.807) is 24.3 Å². The van der Waals surface area contributed by atoms with Crippen molar-refractivity contribution in [2.75, 3.05) is 5.73 Å². The molecular formula is C15H14BrClN2O. The number of carbonyl (C=O) groups is 1. The monoisotopic (exact) mass is 352 g/mol. The van der Waals surface area contributed by atoms with Gasteiger partial charge in [-0.05, 0) is 42.8 Å². The molecule has 2 aromatic rings. The van der Waals surface area contributed by atoms with E-state index in [0.29, 0.717) is 16.3 Å². The Bertz CT molecular complexity index is 646. The van der Waals surface area contributed by atoms with E-state index in [1.165, 1.54) is 0 Å². The van der Waals surface area contributed by atoms with E-state index in [4.69, 9.17) is 17.3 Å². The quantitative estimate of drug-likeness (QED) is 0.813. The lowest BCUT2D eigenvalue weighted by Crippen LogP contribution is -2.27. The molecule has 104 valence electrons. The molecule has 1 atom stereocenters.